The molecular formula is C25H35N7O5S. The van der Waals surface area contributed by atoms with Crippen LogP contribution >= 0.6 is 11.3 Å². The number of hydrogen-bond acceptors (Lipinski definition) is 11. The summed E-state index contributed by atoms with van der Waals surface area (Å²) in [5.74, 6) is -1.19. The Morgan fingerprint density at radius 1 is 1.16 bits per heavy atom. The lowest BCUT2D eigenvalue weighted by Crippen LogP contribution is -2.50. The van der Waals surface area contributed by atoms with Crippen molar-refractivity contribution in [1.82, 2.24) is 31.5 Å². The lowest BCUT2D eigenvalue weighted by molar-refractivity contribution is -0.157. The molecular weight excluding hydrogens is 510 g/mol. The number of ether oxygens (including phenoxy) is 2. The molecule has 1 aromatic carbocycles. The van der Waals surface area contributed by atoms with Crippen molar-refractivity contribution in [3.63, 3.8) is 0 Å². The fourth-order valence-electron chi connectivity index (χ4n) is 3.33. The Hall–Kier alpha value is -3.42. The van der Waals surface area contributed by atoms with Gasteiger partial charge in [-0.05, 0) is 45.7 Å². The number of hydrogen-bond donors (Lipinski definition) is 4. The summed E-state index contributed by atoms with van der Waals surface area (Å²) in [6.07, 6.45) is 3.53. The number of unbranched alkanes of at least 4 members (excludes halogenated alkanes) is 1. The van der Waals surface area contributed by atoms with Gasteiger partial charge in [-0.1, -0.05) is 41.7 Å². The molecule has 2 heterocycles. The van der Waals surface area contributed by atoms with E-state index < -0.39 is 29.6 Å². The molecule has 2 atom stereocenters. The van der Waals surface area contributed by atoms with Gasteiger partial charge in [0, 0.05) is 25.7 Å². The number of carbonyl (C=O) groups is 3. The molecule has 1 aliphatic rings. The molecule has 1 aromatic heterocycles. The summed E-state index contributed by atoms with van der Waals surface area (Å²) in [7, 11) is 0. The van der Waals surface area contributed by atoms with Gasteiger partial charge in [0.2, 0.25) is 5.01 Å². The molecule has 0 fully saturated rings. The number of rotatable bonds is 13. The fourth-order valence-corrected chi connectivity index (χ4v) is 4.13. The van der Waals surface area contributed by atoms with Gasteiger partial charge in [0.05, 0.1) is 0 Å². The van der Waals surface area contributed by atoms with Crippen LogP contribution in [0.3, 0.4) is 0 Å². The number of amides is 2. The van der Waals surface area contributed by atoms with Crippen molar-refractivity contribution in [2.75, 3.05) is 19.6 Å². The quantitative estimate of drug-likeness (QED) is 0.218. The van der Waals surface area contributed by atoms with Crippen LogP contribution in [-0.2, 0) is 27.3 Å². The number of nitrogens with zero attached hydrogens (tertiary/aromatic N) is 3. The number of alkyl carbamates (subject to hydrolysis) is 1. The third kappa shape index (κ3) is 10.5. The van der Waals surface area contributed by atoms with Crippen molar-refractivity contribution in [3.05, 3.63) is 45.9 Å². The Bertz CT molecular complexity index is 1090. The predicted molar refractivity (Wildman–Crippen MR) is 143 cm³/mol. The average Bonchev–Trinajstić information content (AvgIpc) is 3.57. The molecule has 0 bridgehead atoms. The maximum Gasteiger partial charge on any atom is 0.408 e. The van der Waals surface area contributed by atoms with E-state index in [0.29, 0.717) is 6.42 Å². The highest BCUT2D eigenvalue weighted by Gasteiger charge is 2.28. The normalized spacial score (nSPS) is 15.6. The second-order valence-corrected chi connectivity index (χ2v) is 10.6. The highest BCUT2D eigenvalue weighted by Crippen LogP contribution is 2.13. The number of nitrogens with one attached hydrogen (secondary N) is 4. The van der Waals surface area contributed by atoms with Crippen LogP contribution < -0.4 is 21.3 Å². The molecule has 206 valence electrons. The summed E-state index contributed by atoms with van der Waals surface area (Å²) in [5.41, 5.74) is 0.0208. The Morgan fingerprint density at radius 2 is 1.95 bits per heavy atom. The van der Waals surface area contributed by atoms with Crippen LogP contribution in [-0.4, -0.2) is 71.9 Å². The fraction of sp³-hybridized carbons (Fsp3) is 0.520. The highest BCUT2D eigenvalue weighted by atomic mass is 32.1. The van der Waals surface area contributed by atoms with E-state index in [9.17, 15) is 14.4 Å². The highest BCUT2D eigenvalue weighted by molar-refractivity contribution is 7.13. The van der Waals surface area contributed by atoms with Gasteiger partial charge in [0.1, 0.15) is 23.3 Å². The summed E-state index contributed by atoms with van der Waals surface area (Å²) in [5, 5.41) is 20.6. The van der Waals surface area contributed by atoms with Crippen molar-refractivity contribution in [2.45, 2.75) is 64.6 Å². The van der Waals surface area contributed by atoms with E-state index in [-0.39, 0.29) is 24.4 Å². The number of benzene rings is 1. The minimum absolute atomic E-state index is 0.0171. The molecule has 0 aliphatic carbocycles. The smallest absolute Gasteiger partial charge is 0.408 e. The molecule has 0 spiro atoms. The molecule has 0 saturated heterocycles. The Labute approximate surface area is 226 Å². The second-order valence-electron chi connectivity index (χ2n) is 9.56. The molecule has 2 aromatic rings. The SMILES string of the molecule is CC(C)(C)OC(=O)[C@H](CNC(=O)c1nnc(CCCCNC2N=CCN2)s1)NC(=O)OCc1ccccc1. The zero-order valence-electron chi connectivity index (χ0n) is 21.9. The molecule has 38 heavy (non-hydrogen) atoms. The molecule has 12 nitrogen and oxygen atoms in total. The van der Waals surface area contributed by atoms with Crippen molar-refractivity contribution in [3.8, 4) is 0 Å². The molecule has 2 amide bonds. The first kappa shape index (κ1) is 29.1. The van der Waals surface area contributed by atoms with Gasteiger partial charge < -0.3 is 20.1 Å². The van der Waals surface area contributed by atoms with Crippen LogP contribution in [0.4, 0.5) is 4.79 Å². The van der Waals surface area contributed by atoms with Gasteiger partial charge in [-0.2, -0.15) is 0 Å². The maximum absolute atomic E-state index is 12.7. The van der Waals surface area contributed by atoms with Gasteiger partial charge in [0.15, 0.2) is 6.29 Å². The van der Waals surface area contributed by atoms with Crippen molar-refractivity contribution in [2.24, 2.45) is 4.99 Å². The van der Waals surface area contributed by atoms with Gasteiger partial charge in [-0.3, -0.25) is 20.4 Å². The van der Waals surface area contributed by atoms with Gasteiger partial charge in [-0.25, -0.2) is 9.59 Å². The van der Waals surface area contributed by atoms with E-state index in [1.54, 1.807) is 20.8 Å². The number of esters is 1. The number of aryl methyl sites for hydroxylation is 1. The molecule has 0 saturated carbocycles. The van der Waals surface area contributed by atoms with Gasteiger partial charge in [-0.15, -0.1) is 10.2 Å². The standard InChI is InChI=1S/C25H35N7O5S/c1-25(2,3)37-22(34)18(30-24(35)36-16-17-9-5-4-6-10-17)15-29-20(33)21-32-31-19(38-21)11-7-8-12-26-23-27-13-14-28-23/h4-6,9-10,13,18,23,26,28H,7-8,11-12,14-16H2,1-3H3,(H,29,33)(H,30,35)/t18-,23?/m0/s1. The van der Waals surface area contributed by atoms with Gasteiger partial charge in [0.25, 0.3) is 5.91 Å². The van der Waals surface area contributed by atoms with E-state index in [2.05, 4.69) is 36.5 Å². The number of aliphatic imine (C=N–C) groups is 1. The van der Waals surface area contributed by atoms with E-state index in [1.165, 1.54) is 11.3 Å². The third-order valence-corrected chi connectivity index (χ3v) is 6.12. The Kier molecular flexibility index (Phi) is 11.1. The maximum atomic E-state index is 12.7. The lowest BCUT2D eigenvalue weighted by Gasteiger charge is -2.24. The minimum Gasteiger partial charge on any atom is -0.458 e. The van der Waals surface area contributed by atoms with Crippen molar-refractivity contribution < 1.29 is 23.9 Å². The van der Waals surface area contributed by atoms with Crippen LogP contribution in [0.1, 0.15) is 54.0 Å². The zero-order chi connectivity index (χ0) is 27.4. The Morgan fingerprint density at radius 3 is 2.66 bits per heavy atom. The van der Waals surface area contributed by atoms with Gasteiger partial charge >= 0.3 is 12.1 Å². The lowest BCUT2D eigenvalue weighted by atomic mass is 10.2. The zero-order valence-corrected chi connectivity index (χ0v) is 22.7. The summed E-state index contributed by atoms with van der Waals surface area (Å²) < 4.78 is 10.6. The molecule has 0 radical (unpaired) electrons. The summed E-state index contributed by atoms with van der Waals surface area (Å²) >= 11 is 1.20. The Balaban J connectivity index is 1.46. The molecule has 1 aliphatic heterocycles. The van der Waals surface area contributed by atoms with E-state index >= 15 is 0 Å². The minimum atomic E-state index is -1.15. The first-order valence-electron chi connectivity index (χ1n) is 12.5. The second kappa shape index (κ2) is 14.5. The van der Waals surface area contributed by atoms with Crippen molar-refractivity contribution in [1.29, 1.82) is 0 Å². The van der Waals surface area contributed by atoms with Crippen LogP contribution in [0.25, 0.3) is 0 Å². The molecule has 13 heteroatoms. The number of aromatic nitrogens is 2. The largest absolute Gasteiger partial charge is 0.458 e. The molecule has 3 rings (SSSR count). The molecule has 1 unspecified atom stereocenters. The summed E-state index contributed by atoms with van der Waals surface area (Å²) in [6.45, 7) is 6.57. The van der Waals surface area contributed by atoms with E-state index in [0.717, 1.165) is 36.5 Å². The van der Waals surface area contributed by atoms with Crippen LogP contribution in [0.5, 0.6) is 0 Å². The van der Waals surface area contributed by atoms with Crippen LogP contribution in [0.15, 0.2) is 35.3 Å². The average molecular weight is 546 g/mol. The van der Waals surface area contributed by atoms with Crippen molar-refractivity contribution >= 4 is 35.5 Å². The first-order valence-corrected chi connectivity index (χ1v) is 13.3. The topological polar surface area (TPSA) is 156 Å². The first-order chi connectivity index (χ1) is 18.2. The van der Waals surface area contributed by atoms with E-state index in [1.807, 2.05) is 36.5 Å². The number of carbonyl (C=O) groups excluding carboxylic acids is 3. The monoisotopic (exact) mass is 545 g/mol. The van der Waals surface area contributed by atoms with E-state index in [4.69, 9.17) is 9.47 Å². The van der Waals surface area contributed by atoms with Crippen LogP contribution in [0, 0.1) is 0 Å². The van der Waals surface area contributed by atoms with Crippen LogP contribution in [0.2, 0.25) is 0 Å². The predicted octanol–water partition coefficient (Wildman–Crippen LogP) is 1.77. The molecule has 4 N–H and O–H groups in total. The summed E-state index contributed by atoms with van der Waals surface area (Å²) in [6, 6.07) is 7.99. The summed E-state index contributed by atoms with van der Waals surface area (Å²) in [4.78, 5) is 41.9. The third-order valence-electron chi connectivity index (χ3n) is 5.14.